The second-order valence-electron chi connectivity index (χ2n) is 34.2. The standard InChI is InChI=1S/C99H118N24O7/c1-8-48-120(91(125)19-10-9-13-52-122-63-80(112-114-122)17-11-14-49-118(6)56-46-103-99(130)74-34-26-70(27-35-74)95-108-84-43-40-78(61-89(84)111-95)77-39-42-83-88(60-77)110-94(107-83)68-22-30-72(31-23-68)97(128)102-45-55-117(4)5)66-92(126)121(65-90(100)124)51-16-53-123-64-81(113-115-123)18-12-15-50-119(7)57-47-104-98(129)73-32-24-69(25-33-73)93-106-82-41-38-76(59-87(82)109-93)75-36-37-79-62-85(105-86(79)58-75)67-20-28-71(29-21-67)96(127)101-44-54-116(2)3/h20-43,58-61,63-64H,8-19,44-57,62,65-66H2,1-7H3,(H2,100,124)(H,101,127)(H,102,128)(H,103,130)(H,104,129)(H,106,109)(H,107,110)(H,108,111). The highest BCUT2D eigenvalue weighted by Crippen LogP contribution is 2.36. The first kappa shape index (κ1) is 92.4. The van der Waals surface area contributed by atoms with E-state index in [2.05, 4.69) is 128 Å². The van der Waals surface area contributed by atoms with E-state index in [9.17, 15) is 33.6 Å². The van der Waals surface area contributed by atoms with Crippen LogP contribution in [0, 0.1) is 0 Å². The zero-order valence-corrected chi connectivity index (χ0v) is 75.4. The van der Waals surface area contributed by atoms with Crippen LogP contribution in [0.15, 0.2) is 187 Å². The Morgan fingerprint density at radius 2 is 0.785 bits per heavy atom. The predicted octanol–water partition coefficient (Wildman–Crippen LogP) is 11.7. The second-order valence-corrected chi connectivity index (χ2v) is 34.2. The first-order chi connectivity index (χ1) is 63.1. The van der Waals surface area contributed by atoms with Crippen LogP contribution in [0.4, 0.5) is 5.69 Å². The minimum absolute atomic E-state index is 0.0860. The van der Waals surface area contributed by atoms with Crippen molar-refractivity contribution >= 4 is 85.8 Å². The predicted molar refractivity (Wildman–Crippen MR) is 508 cm³/mol. The van der Waals surface area contributed by atoms with E-state index >= 15 is 0 Å². The Morgan fingerprint density at radius 1 is 0.392 bits per heavy atom. The van der Waals surface area contributed by atoms with Crippen molar-refractivity contribution in [2.75, 3.05) is 134 Å². The number of primary amides is 1. The first-order valence-corrected chi connectivity index (χ1v) is 45.1. The van der Waals surface area contributed by atoms with Crippen LogP contribution >= 0.6 is 0 Å². The van der Waals surface area contributed by atoms with Crippen molar-refractivity contribution in [2.45, 2.75) is 103 Å². The molecule has 9 N–H and O–H groups in total. The highest BCUT2D eigenvalue weighted by Gasteiger charge is 2.25. The topological polar surface area (TPSA) is 373 Å². The van der Waals surface area contributed by atoms with Gasteiger partial charge >= 0.3 is 0 Å². The Kier molecular flexibility index (Phi) is 31.9. The monoisotopic (exact) mass is 1750 g/mol. The zero-order chi connectivity index (χ0) is 91.0. The van der Waals surface area contributed by atoms with E-state index in [1.54, 1.807) is 9.58 Å². The Morgan fingerprint density at radius 3 is 1.21 bits per heavy atom. The molecule has 0 unspecified atom stereocenters. The number of hydrogen-bond donors (Lipinski definition) is 8. The number of likely N-dealkylation sites (N-methyl/N-ethyl adjacent to an activating group) is 4. The van der Waals surface area contributed by atoms with Crippen molar-refractivity contribution in [2.24, 2.45) is 10.7 Å². The van der Waals surface area contributed by atoms with Crippen molar-refractivity contribution < 1.29 is 33.6 Å². The molecule has 0 saturated heterocycles. The number of nitrogens with two attached hydrogens (primary N) is 1. The van der Waals surface area contributed by atoms with Crippen LogP contribution in [0.25, 0.3) is 89.5 Å². The molecular weight excluding hydrogens is 1640 g/mol. The summed E-state index contributed by atoms with van der Waals surface area (Å²) in [7, 11) is 12.0. The van der Waals surface area contributed by atoms with Gasteiger partial charge in [-0.2, -0.15) is 0 Å². The second kappa shape index (κ2) is 44.8. The van der Waals surface area contributed by atoms with Crippen LogP contribution in [0.5, 0.6) is 0 Å². The highest BCUT2D eigenvalue weighted by atomic mass is 16.2. The molecule has 0 atom stereocenters. The Hall–Kier alpha value is -13.8. The summed E-state index contributed by atoms with van der Waals surface area (Å²) in [6.07, 6.45) is 13.6. The number of hydrogen-bond acceptors (Lipinski definition) is 19. The van der Waals surface area contributed by atoms with Crippen molar-refractivity contribution in [3.63, 3.8) is 0 Å². The van der Waals surface area contributed by atoms with Gasteiger partial charge in [-0.25, -0.2) is 15.0 Å². The van der Waals surface area contributed by atoms with Gasteiger partial charge in [0.1, 0.15) is 17.5 Å². The van der Waals surface area contributed by atoms with E-state index in [-0.39, 0.29) is 55.1 Å². The number of carbonyl (C=O) groups is 7. The summed E-state index contributed by atoms with van der Waals surface area (Å²) in [4.78, 5) is 133. The molecule has 0 saturated carbocycles. The molecule has 5 aromatic heterocycles. The Bertz CT molecular complexity index is 6090. The molecule has 7 amide bonds. The third-order valence-corrected chi connectivity index (χ3v) is 23.4. The lowest BCUT2D eigenvalue weighted by atomic mass is 9.99. The molecule has 0 fully saturated rings. The summed E-state index contributed by atoms with van der Waals surface area (Å²) in [5, 5.41) is 29.5. The molecule has 0 aliphatic carbocycles. The average Bonchev–Trinajstić information content (AvgIpc) is 1.65. The summed E-state index contributed by atoms with van der Waals surface area (Å²) >= 11 is 0. The number of benzene rings is 8. The van der Waals surface area contributed by atoms with Gasteiger partial charge < -0.3 is 71.4 Å². The van der Waals surface area contributed by atoms with E-state index in [1.165, 1.54) is 4.90 Å². The van der Waals surface area contributed by atoms with Crippen LogP contribution < -0.4 is 27.0 Å². The van der Waals surface area contributed by atoms with Crippen LogP contribution in [0.2, 0.25) is 0 Å². The SMILES string of the molecule is CCCN(CC(=O)N(CCCn1cc(CCCCN(C)CCNC(=O)c2ccc(-c3nc4cc(-c5ccc6c(c5)N=C(c5ccc(C(=O)NCCN(C)C)cc5)C6)ccc4[nH]3)cc2)nn1)CC(N)=O)C(=O)CCCCCn1cc(CCCCN(C)CCNC(=O)c2ccc(-c3nc4cc(-c5ccc6[nH]c(-c7ccc(C(=O)NCCN(C)C)cc7)nc6c5)ccc4[nH]3)cc2)nn1. The molecule has 6 heterocycles. The fraction of sp³-hybridized carbons (Fsp3) is 0.364. The van der Waals surface area contributed by atoms with Gasteiger partial charge in [-0.05, 0) is 244 Å². The number of amides is 7. The van der Waals surface area contributed by atoms with Crippen molar-refractivity contribution in [3.05, 3.63) is 227 Å². The van der Waals surface area contributed by atoms with Gasteiger partial charge in [0, 0.05) is 143 Å². The molecule has 676 valence electrons. The number of aromatic nitrogens is 12. The maximum absolute atomic E-state index is 13.7. The highest BCUT2D eigenvalue weighted by molar-refractivity contribution is 6.08. The smallest absolute Gasteiger partial charge is 0.251 e. The summed E-state index contributed by atoms with van der Waals surface area (Å²) in [5.41, 5.74) is 25.7. The molecule has 1 aliphatic heterocycles. The van der Waals surface area contributed by atoms with E-state index in [0.29, 0.717) is 118 Å². The van der Waals surface area contributed by atoms with Crippen molar-refractivity contribution in [3.8, 4) is 56.4 Å². The Labute approximate surface area is 757 Å². The summed E-state index contributed by atoms with van der Waals surface area (Å²) in [5.74, 6) is 0.599. The summed E-state index contributed by atoms with van der Waals surface area (Å²) in [6, 6.07) is 54.9. The molecule has 1 aliphatic rings. The number of fused-ring (bicyclic) bond motifs is 4. The number of nitrogens with one attached hydrogen (secondary N) is 7. The molecule has 8 aromatic carbocycles. The molecule has 31 heteroatoms. The van der Waals surface area contributed by atoms with Gasteiger partial charge in [-0.1, -0.05) is 103 Å². The number of nitrogens with zero attached hydrogens (tertiary/aromatic N) is 16. The molecular formula is C99H118N24O7. The van der Waals surface area contributed by atoms with Crippen molar-refractivity contribution in [1.29, 1.82) is 0 Å². The normalized spacial score (nSPS) is 12.0. The number of aromatic amines is 3. The number of rotatable bonds is 48. The van der Waals surface area contributed by atoms with Crippen LogP contribution in [0.1, 0.15) is 135 Å². The molecule has 130 heavy (non-hydrogen) atoms. The minimum Gasteiger partial charge on any atom is -0.368 e. The lowest BCUT2D eigenvalue weighted by molar-refractivity contribution is -0.142. The summed E-state index contributed by atoms with van der Waals surface area (Å²) in [6.45, 7) is 10.2. The number of imidazole rings is 3. The number of H-pyrrole nitrogens is 3. The van der Waals surface area contributed by atoms with Gasteiger partial charge in [-0.3, -0.25) is 47.9 Å². The molecule has 0 spiro atoms. The van der Waals surface area contributed by atoms with Gasteiger partial charge in [-0.15, -0.1) is 10.2 Å². The fourth-order valence-corrected chi connectivity index (χ4v) is 15.9. The van der Waals surface area contributed by atoms with Crippen molar-refractivity contribution in [1.82, 2.24) is 111 Å². The number of aryl methyl sites for hydroxylation is 4. The lowest BCUT2D eigenvalue weighted by Crippen LogP contribution is -2.46. The van der Waals surface area contributed by atoms with Crippen LogP contribution in [-0.2, 0) is 46.7 Å². The minimum atomic E-state index is -0.629. The van der Waals surface area contributed by atoms with Gasteiger partial charge in [0.15, 0.2) is 0 Å². The number of unbranched alkanes of at least 4 members (excludes halogenated alkanes) is 4. The van der Waals surface area contributed by atoms with E-state index < -0.39 is 5.91 Å². The van der Waals surface area contributed by atoms with Gasteiger partial charge in [0.05, 0.1) is 69.0 Å². The molecule has 31 nitrogen and oxygen atoms in total. The average molecular weight is 1760 g/mol. The largest absolute Gasteiger partial charge is 0.368 e. The summed E-state index contributed by atoms with van der Waals surface area (Å²) < 4.78 is 3.60. The zero-order valence-electron chi connectivity index (χ0n) is 75.4. The van der Waals surface area contributed by atoms with Gasteiger partial charge in [0.2, 0.25) is 17.7 Å². The van der Waals surface area contributed by atoms with E-state index in [1.807, 2.05) is 184 Å². The third kappa shape index (κ3) is 25.6. The molecule has 13 aromatic rings. The van der Waals surface area contributed by atoms with Crippen LogP contribution in [0.3, 0.4) is 0 Å². The first-order valence-electron chi connectivity index (χ1n) is 45.1. The lowest BCUT2D eigenvalue weighted by Gasteiger charge is -2.27. The quantitative estimate of drug-likeness (QED) is 0.0164. The maximum Gasteiger partial charge on any atom is 0.251 e. The molecule has 0 radical (unpaired) electrons. The van der Waals surface area contributed by atoms with E-state index in [0.717, 1.165) is 196 Å². The van der Waals surface area contributed by atoms with Crippen LogP contribution in [-0.4, -0.2) is 270 Å². The van der Waals surface area contributed by atoms with Gasteiger partial charge in [0.25, 0.3) is 23.6 Å². The Balaban J connectivity index is 0.429. The third-order valence-electron chi connectivity index (χ3n) is 23.4. The number of carbonyl (C=O) groups excluding carboxylic acids is 7. The molecule has 0 bridgehead atoms. The molecule has 14 rings (SSSR count). The fourth-order valence-electron chi connectivity index (χ4n) is 15.9. The van der Waals surface area contributed by atoms with E-state index in [4.69, 9.17) is 25.7 Å². The number of aliphatic imine (C=N–C) groups is 1. The maximum atomic E-state index is 13.7.